The molecule has 4 atom stereocenters. The number of H-pyrrole nitrogens is 1. The topological polar surface area (TPSA) is 59.5 Å². The van der Waals surface area contributed by atoms with Gasteiger partial charge in [0.1, 0.15) is 0 Å². The third-order valence-electron chi connectivity index (χ3n) is 5.78. The molecule has 3 heterocycles. The number of hydrogen-bond donors (Lipinski definition) is 3. The number of aliphatic hydroxyl groups is 2. The van der Waals surface area contributed by atoms with Crippen molar-refractivity contribution in [3.8, 4) is 0 Å². The summed E-state index contributed by atoms with van der Waals surface area (Å²) in [7, 11) is 0. The van der Waals surface area contributed by atoms with Gasteiger partial charge in [-0.1, -0.05) is 25.1 Å². The normalized spacial score (nSPS) is 34.5. The standard InChI is InChI=1S/C19H26N2O2/c1-2-19(23)10-13-9-17(22)18-15(7-8-21(11-13)12-19)14-5-3-4-6-16(14)20-18/h3-6,13,17,20,22-23H,2,7-12H2,1H3/t13-,17?,19-/m1/s1. The molecule has 2 bridgehead atoms. The molecule has 4 rings (SSSR count). The van der Waals surface area contributed by atoms with Crippen LogP contribution in [-0.4, -0.2) is 45.3 Å². The number of aromatic amines is 1. The van der Waals surface area contributed by atoms with Gasteiger partial charge >= 0.3 is 0 Å². The molecule has 2 aromatic rings. The number of aromatic nitrogens is 1. The lowest BCUT2D eigenvalue weighted by atomic mass is 9.81. The minimum Gasteiger partial charge on any atom is -0.389 e. The fourth-order valence-corrected chi connectivity index (χ4v) is 4.57. The highest BCUT2D eigenvalue weighted by molar-refractivity contribution is 5.84. The van der Waals surface area contributed by atoms with E-state index in [1.54, 1.807) is 0 Å². The van der Waals surface area contributed by atoms with Crippen molar-refractivity contribution >= 4 is 10.9 Å². The van der Waals surface area contributed by atoms with Gasteiger partial charge in [-0.2, -0.15) is 0 Å². The average Bonchev–Trinajstić information content (AvgIpc) is 2.92. The molecule has 2 aliphatic rings. The predicted octanol–water partition coefficient (Wildman–Crippen LogP) is 2.61. The summed E-state index contributed by atoms with van der Waals surface area (Å²) in [6.45, 7) is 4.75. The van der Waals surface area contributed by atoms with E-state index >= 15 is 0 Å². The molecule has 0 radical (unpaired) electrons. The molecular formula is C19H26N2O2. The molecule has 124 valence electrons. The lowest BCUT2D eigenvalue weighted by molar-refractivity contribution is -0.0616. The first-order valence-corrected chi connectivity index (χ1v) is 8.80. The van der Waals surface area contributed by atoms with E-state index in [0.29, 0.717) is 5.92 Å². The lowest BCUT2D eigenvalue weighted by Crippen LogP contribution is -2.51. The van der Waals surface area contributed by atoms with Gasteiger partial charge in [0.05, 0.1) is 11.7 Å². The number of fused-ring (bicyclic) bond motifs is 5. The largest absolute Gasteiger partial charge is 0.389 e. The first-order valence-electron chi connectivity index (χ1n) is 8.80. The number of piperidine rings is 1. The van der Waals surface area contributed by atoms with Crippen molar-refractivity contribution in [2.45, 2.75) is 44.3 Å². The maximum Gasteiger partial charge on any atom is 0.0944 e. The molecule has 0 amide bonds. The van der Waals surface area contributed by atoms with E-state index in [1.807, 2.05) is 6.07 Å². The second kappa shape index (κ2) is 5.62. The van der Waals surface area contributed by atoms with E-state index in [1.165, 1.54) is 10.9 Å². The van der Waals surface area contributed by atoms with Crippen LogP contribution in [0.1, 0.15) is 43.5 Å². The molecule has 1 fully saturated rings. The van der Waals surface area contributed by atoms with Crippen LogP contribution in [0.5, 0.6) is 0 Å². The van der Waals surface area contributed by atoms with Crippen molar-refractivity contribution < 1.29 is 10.2 Å². The Kier molecular flexibility index (Phi) is 3.71. The van der Waals surface area contributed by atoms with Gasteiger partial charge in [0.2, 0.25) is 0 Å². The quantitative estimate of drug-likeness (QED) is 0.758. The van der Waals surface area contributed by atoms with E-state index in [0.717, 1.165) is 56.5 Å². The van der Waals surface area contributed by atoms with Crippen molar-refractivity contribution in [2.24, 2.45) is 5.92 Å². The second-order valence-corrected chi connectivity index (χ2v) is 7.45. The van der Waals surface area contributed by atoms with Gasteiger partial charge in [0.25, 0.3) is 0 Å². The van der Waals surface area contributed by atoms with Crippen molar-refractivity contribution in [3.63, 3.8) is 0 Å². The van der Waals surface area contributed by atoms with Crippen LogP contribution < -0.4 is 0 Å². The third-order valence-corrected chi connectivity index (χ3v) is 5.78. The van der Waals surface area contributed by atoms with Crippen LogP contribution in [0.25, 0.3) is 10.9 Å². The Morgan fingerprint density at radius 2 is 2.17 bits per heavy atom. The fraction of sp³-hybridized carbons (Fsp3) is 0.579. The van der Waals surface area contributed by atoms with Crippen molar-refractivity contribution in [1.29, 1.82) is 0 Å². The van der Waals surface area contributed by atoms with E-state index in [9.17, 15) is 10.2 Å². The molecule has 2 unspecified atom stereocenters. The summed E-state index contributed by atoms with van der Waals surface area (Å²) in [5.74, 6) is 0.348. The maximum atomic E-state index is 10.8. The van der Waals surface area contributed by atoms with Gasteiger partial charge < -0.3 is 15.2 Å². The summed E-state index contributed by atoms with van der Waals surface area (Å²) < 4.78 is 0. The zero-order valence-electron chi connectivity index (χ0n) is 13.8. The first kappa shape index (κ1) is 15.2. The van der Waals surface area contributed by atoms with E-state index < -0.39 is 11.7 Å². The summed E-state index contributed by atoms with van der Waals surface area (Å²) in [4.78, 5) is 5.84. The van der Waals surface area contributed by atoms with Crippen LogP contribution in [-0.2, 0) is 6.42 Å². The van der Waals surface area contributed by atoms with Crippen molar-refractivity contribution in [3.05, 3.63) is 35.5 Å². The summed E-state index contributed by atoms with van der Waals surface area (Å²) in [5, 5.41) is 22.8. The van der Waals surface area contributed by atoms with Gasteiger partial charge in [0.15, 0.2) is 0 Å². The zero-order valence-corrected chi connectivity index (χ0v) is 13.8. The Bertz CT molecular complexity index is 710. The average molecular weight is 314 g/mol. The molecule has 3 N–H and O–H groups in total. The van der Waals surface area contributed by atoms with Crippen molar-refractivity contribution in [1.82, 2.24) is 9.88 Å². The number of aliphatic hydroxyl groups excluding tert-OH is 1. The van der Waals surface area contributed by atoms with E-state index in [-0.39, 0.29) is 0 Å². The molecule has 1 aromatic carbocycles. The Balaban J connectivity index is 1.72. The molecular weight excluding hydrogens is 288 g/mol. The van der Waals surface area contributed by atoms with Gasteiger partial charge in [-0.3, -0.25) is 4.90 Å². The summed E-state index contributed by atoms with van der Waals surface area (Å²) in [6, 6.07) is 8.31. The number of rotatable bonds is 1. The molecule has 0 saturated carbocycles. The fourth-order valence-electron chi connectivity index (χ4n) is 4.57. The molecule has 0 aliphatic carbocycles. The monoisotopic (exact) mass is 314 g/mol. The van der Waals surface area contributed by atoms with Crippen LogP contribution in [0.15, 0.2) is 24.3 Å². The number of nitrogens with zero attached hydrogens (tertiary/aromatic N) is 1. The highest BCUT2D eigenvalue weighted by Crippen LogP contribution is 2.37. The van der Waals surface area contributed by atoms with Gasteiger partial charge in [-0.05, 0) is 43.2 Å². The lowest BCUT2D eigenvalue weighted by Gasteiger charge is -2.43. The Morgan fingerprint density at radius 1 is 1.35 bits per heavy atom. The predicted molar refractivity (Wildman–Crippen MR) is 91.4 cm³/mol. The summed E-state index contributed by atoms with van der Waals surface area (Å²) in [5.41, 5.74) is 2.76. The Morgan fingerprint density at radius 3 is 3.00 bits per heavy atom. The van der Waals surface area contributed by atoms with E-state index in [2.05, 4.69) is 35.0 Å². The Hall–Kier alpha value is -1.36. The Labute approximate surface area is 137 Å². The molecule has 0 spiro atoms. The zero-order chi connectivity index (χ0) is 16.0. The van der Waals surface area contributed by atoms with Crippen LogP contribution in [0.2, 0.25) is 0 Å². The highest BCUT2D eigenvalue weighted by atomic mass is 16.3. The molecule has 4 heteroatoms. The highest BCUT2D eigenvalue weighted by Gasteiger charge is 2.38. The smallest absolute Gasteiger partial charge is 0.0944 e. The number of para-hydroxylation sites is 1. The van der Waals surface area contributed by atoms with Crippen LogP contribution in [0.3, 0.4) is 0 Å². The number of hydrogen-bond acceptors (Lipinski definition) is 3. The van der Waals surface area contributed by atoms with Crippen LogP contribution in [0.4, 0.5) is 0 Å². The molecule has 1 saturated heterocycles. The second-order valence-electron chi connectivity index (χ2n) is 7.45. The summed E-state index contributed by atoms with van der Waals surface area (Å²) >= 11 is 0. The third kappa shape index (κ3) is 2.69. The van der Waals surface area contributed by atoms with E-state index in [4.69, 9.17) is 0 Å². The van der Waals surface area contributed by atoms with Gasteiger partial charge in [-0.25, -0.2) is 0 Å². The van der Waals surface area contributed by atoms with Crippen LogP contribution in [0, 0.1) is 5.92 Å². The molecule has 4 nitrogen and oxygen atoms in total. The van der Waals surface area contributed by atoms with Gasteiger partial charge in [-0.15, -0.1) is 0 Å². The summed E-state index contributed by atoms with van der Waals surface area (Å²) in [6.07, 6.45) is 2.75. The minimum absolute atomic E-state index is 0.348. The van der Waals surface area contributed by atoms with Gasteiger partial charge in [0, 0.05) is 36.2 Å². The first-order chi connectivity index (χ1) is 11.1. The van der Waals surface area contributed by atoms with Crippen molar-refractivity contribution in [2.75, 3.05) is 19.6 Å². The number of benzene rings is 1. The molecule has 2 aliphatic heterocycles. The molecule has 1 aromatic heterocycles. The number of nitrogens with one attached hydrogen (secondary N) is 1. The SMILES string of the molecule is CC[C@@]1(O)C[C@H]2CC(O)c3[nH]c4ccccc4c3CCN(C2)C1. The minimum atomic E-state index is -0.594. The maximum absolute atomic E-state index is 10.8. The van der Waals surface area contributed by atoms with Crippen LogP contribution >= 0.6 is 0 Å². The molecule has 23 heavy (non-hydrogen) atoms.